The van der Waals surface area contributed by atoms with Crippen molar-refractivity contribution in [3.63, 3.8) is 0 Å². The number of thioether (sulfide) groups is 1. The Balaban J connectivity index is 1.34. The van der Waals surface area contributed by atoms with Crippen molar-refractivity contribution in [2.45, 2.75) is 24.5 Å². The summed E-state index contributed by atoms with van der Waals surface area (Å²) in [5.41, 5.74) is 1.43. The van der Waals surface area contributed by atoms with Crippen LogP contribution in [0.25, 0.3) is 11.4 Å². The molecule has 5 heterocycles. The molecule has 0 radical (unpaired) electrons. The molecule has 0 saturated heterocycles. The second-order valence-electron chi connectivity index (χ2n) is 6.85. The molecular weight excluding hydrogens is 420 g/mol. The van der Waals surface area contributed by atoms with E-state index in [2.05, 4.69) is 15.3 Å². The molecule has 1 amide bonds. The summed E-state index contributed by atoms with van der Waals surface area (Å²) in [5.74, 6) is 8.44. The summed E-state index contributed by atoms with van der Waals surface area (Å²) in [6, 6.07) is 8.64. The van der Waals surface area contributed by atoms with E-state index in [9.17, 15) is 4.79 Å². The van der Waals surface area contributed by atoms with E-state index in [-0.39, 0.29) is 17.7 Å². The Hall–Kier alpha value is -3.73. The van der Waals surface area contributed by atoms with Gasteiger partial charge in [-0.2, -0.15) is 5.10 Å². The number of hydrogen-bond acceptors (Lipinski definition) is 9. The van der Waals surface area contributed by atoms with Crippen LogP contribution in [0.3, 0.4) is 0 Å². The molecule has 158 valence electrons. The highest BCUT2D eigenvalue weighted by Crippen LogP contribution is 2.34. The molecule has 0 aromatic carbocycles. The Morgan fingerprint density at radius 2 is 2.00 bits per heavy atom. The molecule has 0 bridgehead atoms. The first-order chi connectivity index (χ1) is 15.1. The smallest absolute Gasteiger partial charge is 0.253 e. The van der Waals surface area contributed by atoms with E-state index in [1.54, 1.807) is 37.0 Å². The van der Waals surface area contributed by atoms with E-state index < -0.39 is 0 Å². The lowest BCUT2D eigenvalue weighted by Crippen LogP contribution is -2.28. The van der Waals surface area contributed by atoms with Crippen LogP contribution in [0, 0.1) is 6.92 Å². The minimum absolute atomic E-state index is 0.0752. The van der Waals surface area contributed by atoms with Crippen LogP contribution in [-0.2, 0) is 4.79 Å². The van der Waals surface area contributed by atoms with Crippen molar-refractivity contribution in [2.24, 2.45) is 5.10 Å². The van der Waals surface area contributed by atoms with Gasteiger partial charge >= 0.3 is 0 Å². The van der Waals surface area contributed by atoms with Gasteiger partial charge < -0.3 is 19.1 Å². The number of hydrazone groups is 1. The molecule has 1 aliphatic rings. The monoisotopic (exact) mass is 438 g/mol. The molecule has 4 aromatic rings. The van der Waals surface area contributed by atoms with Crippen LogP contribution in [0.2, 0.25) is 0 Å². The van der Waals surface area contributed by atoms with Gasteiger partial charge in [-0.1, -0.05) is 11.8 Å². The van der Waals surface area contributed by atoms with E-state index in [1.165, 1.54) is 21.4 Å². The summed E-state index contributed by atoms with van der Waals surface area (Å²) in [6.45, 7) is 1.82. The third-order valence-electron chi connectivity index (χ3n) is 4.93. The molecule has 0 saturated carbocycles. The average Bonchev–Trinajstić information content (AvgIpc) is 3.57. The second-order valence-corrected chi connectivity index (χ2v) is 7.80. The van der Waals surface area contributed by atoms with Crippen molar-refractivity contribution in [1.29, 1.82) is 0 Å². The first-order valence-electron chi connectivity index (χ1n) is 9.46. The number of carbonyl (C=O) groups excluding carboxylic acids is 1. The number of aromatic nitrogens is 3. The number of furan rings is 3. The molecule has 31 heavy (non-hydrogen) atoms. The summed E-state index contributed by atoms with van der Waals surface area (Å²) >= 11 is 1.18. The van der Waals surface area contributed by atoms with Crippen molar-refractivity contribution in [3.05, 3.63) is 66.4 Å². The van der Waals surface area contributed by atoms with Gasteiger partial charge in [0.2, 0.25) is 5.16 Å². The minimum Gasteiger partial charge on any atom is -0.469 e. The van der Waals surface area contributed by atoms with Crippen LogP contribution in [-0.4, -0.2) is 37.3 Å². The maximum atomic E-state index is 13.1. The molecule has 11 heteroatoms. The van der Waals surface area contributed by atoms with Gasteiger partial charge in [-0.15, -0.1) is 10.2 Å². The van der Waals surface area contributed by atoms with Crippen LogP contribution in [0.4, 0.5) is 0 Å². The molecular formula is C20H18N6O4S. The number of amides is 1. The third-order valence-corrected chi connectivity index (χ3v) is 5.86. The number of hydrogen-bond donors (Lipinski definition) is 1. The topological polar surface area (TPSA) is 129 Å². The molecule has 10 nitrogen and oxygen atoms in total. The fraction of sp³-hybridized carbons (Fsp3) is 0.200. The zero-order valence-electron chi connectivity index (χ0n) is 16.5. The van der Waals surface area contributed by atoms with E-state index in [0.717, 1.165) is 5.56 Å². The predicted octanol–water partition coefficient (Wildman–Crippen LogP) is 3.22. The van der Waals surface area contributed by atoms with Crippen LogP contribution in [0.5, 0.6) is 0 Å². The van der Waals surface area contributed by atoms with Gasteiger partial charge in [0.1, 0.15) is 29.0 Å². The van der Waals surface area contributed by atoms with Crippen molar-refractivity contribution < 1.29 is 18.0 Å². The summed E-state index contributed by atoms with van der Waals surface area (Å²) in [5, 5.41) is 14.6. The van der Waals surface area contributed by atoms with Gasteiger partial charge in [0.15, 0.2) is 5.82 Å². The molecule has 0 fully saturated rings. The predicted molar refractivity (Wildman–Crippen MR) is 111 cm³/mol. The first-order valence-corrected chi connectivity index (χ1v) is 10.4. The summed E-state index contributed by atoms with van der Waals surface area (Å²) in [6.07, 6.45) is 5.21. The zero-order valence-corrected chi connectivity index (χ0v) is 17.3. The number of nitrogen functional groups attached to an aromatic ring is 1. The summed E-state index contributed by atoms with van der Waals surface area (Å²) < 4.78 is 17.6. The number of nitrogens with zero attached hydrogens (tertiary/aromatic N) is 5. The third kappa shape index (κ3) is 3.52. The van der Waals surface area contributed by atoms with Crippen molar-refractivity contribution in [3.8, 4) is 11.4 Å². The molecule has 5 rings (SSSR count). The lowest BCUT2D eigenvalue weighted by atomic mass is 10.1. The van der Waals surface area contributed by atoms with Crippen molar-refractivity contribution in [1.82, 2.24) is 19.9 Å². The van der Waals surface area contributed by atoms with Crippen molar-refractivity contribution >= 4 is 23.4 Å². The quantitative estimate of drug-likeness (QED) is 0.359. The fourth-order valence-corrected chi connectivity index (χ4v) is 4.11. The van der Waals surface area contributed by atoms with Gasteiger partial charge in [-0.25, -0.2) is 9.69 Å². The lowest BCUT2D eigenvalue weighted by molar-refractivity contribution is -0.130. The minimum atomic E-state index is -0.344. The van der Waals surface area contributed by atoms with Crippen molar-refractivity contribution in [2.75, 3.05) is 11.6 Å². The standard InChI is InChI=1S/C20H18N6O4S/c1-12-13(6-9-28-12)19-22-23-20(25(19)21)31-11-18(27)26-15(17-5-3-8-30-17)10-14(24-26)16-4-2-7-29-16/h2-9,15H,10-11,21H2,1H3. The fourth-order valence-electron chi connectivity index (χ4n) is 3.40. The second kappa shape index (κ2) is 7.84. The molecule has 2 N–H and O–H groups in total. The molecule has 4 aromatic heterocycles. The number of nitrogens with two attached hydrogens (primary N) is 1. The lowest BCUT2D eigenvalue weighted by Gasteiger charge is -2.19. The molecule has 1 atom stereocenters. The maximum Gasteiger partial charge on any atom is 0.253 e. The highest BCUT2D eigenvalue weighted by Gasteiger charge is 2.35. The van der Waals surface area contributed by atoms with E-state index in [4.69, 9.17) is 19.1 Å². The van der Waals surface area contributed by atoms with E-state index in [0.29, 0.717) is 40.4 Å². The zero-order chi connectivity index (χ0) is 21.4. The summed E-state index contributed by atoms with van der Waals surface area (Å²) in [7, 11) is 0. The normalized spacial score (nSPS) is 16.1. The SMILES string of the molecule is Cc1occc1-c1nnc(SCC(=O)N2N=C(c3ccco3)CC2c2ccco2)n1N. The van der Waals surface area contributed by atoms with E-state index in [1.807, 2.05) is 19.1 Å². The van der Waals surface area contributed by atoms with Gasteiger partial charge in [0, 0.05) is 6.42 Å². The highest BCUT2D eigenvalue weighted by molar-refractivity contribution is 7.99. The maximum absolute atomic E-state index is 13.1. The molecule has 0 spiro atoms. The van der Waals surface area contributed by atoms with Crippen LogP contribution in [0.1, 0.15) is 29.7 Å². The van der Waals surface area contributed by atoms with Crippen LogP contribution >= 0.6 is 11.8 Å². The number of carbonyl (C=O) groups is 1. The largest absolute Gasteiger partial charge is 0.469 e. The van der Waals surface area contributed by atoms with Gasteiger partial charge in [-0.3, -0.25) is 4.79 Å². The van der Waals surface area contributed by atoms with E-state index >= 15 is 0 Å². The molecule has 0 aliphatic carbocycles. The Bertz CT molecular complexity index is 1220. The first kappa shape index (κ1) is 19.2. The van der Waals surface area contributed by atoms with Gasteiger partial charge in [-0.05, 0) is 37.3 Å². The van der Waals surface area contributed by atoms with Gasteiger partial charge in [0.25, 0.3) is 5.91 Å². The number of aryl methyl sites for hydroxylation is 1. The molecule has 1 unspecified atom stereocenters. The Morgan fingerprint density at radius 3 is 2.71 bits per heavy atom. The average molecular weight is 438 g/mol. The van der Waals surface area contributed by atoms with Gasteiger partial charge in [0.05, 0.1) is 30.1 Å². The Morgan fingerprint density at radius 1 is 1.16 bits per heavy atom. The summed E-state index contributed by atoms with van der Waals surface area (Å²) in [4.78, 5) is 13.1. The molecule has 1 aliphatic heterocycles. The number of rotatable bonds is 6. The van der Waals surface area contributed by atoms with Crippen LogP contribution in [0.15, 0.2) is 72.6 Å². The van der Waals surface area contributed by atoms with Crippen LogP contribution < -0.4 is 5.84 Å². The Kier molecular flexibility index (Phi) is 4.86. The Labute approximate surface area is 180 Å². The highest BCUT2D eigenvalue weighted by atomic mass is 32.2.